The van der Waals surface area contributed by atoms with Gasteiger partial charge in [-0.2, -0.15) is 0 Å². The zero-order chi connectivity index (χ0) is 17.9. The van der Waals surface area contributed by atoms with E-state index in [1.165, 1.54) is 0 Å². The fraction of sp³-hybridized carbons (Fsp3) is 0.150. The Morgan fingerprint density at radius 1 is 1.15 bits per heavy atom. The van der Waals surface area contributed by atoms with E-state index in [1.54, 1.807) is 12.5 Å². The number of aryl methyl sites for hydroxylation is 2. The molecule has 6 heteroatoms. The maximum Gasteiger partial charge on any atom is 0.226 e. The van der Waals surface area contributed by atoms with Crippen molar-refractivity contribution in [2.75, 3.05) is 5.32 Å². The molecule has 1 N–H and O–H groups in total. The molecule has 0 aliphatic rings. The number of fused-ring (bicyclic) bond motifs is 1. The number of anilines is 1. The van der Waals surface area contributed by atoms with Gasteiger partial charge in [0.2, 0.25) is 5.91 Å². The molecule has 0 aliphatic heterocycles. The molecule has 0 unspecified atom stereocenters. The van der Waals surface area contributed by atoms with E-state index < -0.39 is 0 Å². The zero-order valence-corrected chi connectivity index (χ0v) is 14.5. The van der Waals surface area contributed by atoms with Gasteiger partial charge in [0.1, 0.15) is 5.82 Å². The molecule has 0 saturated heterocycles. The van der Waals surface area contributed by atoms with Gasteiger partial charge in [0.05, 0.1) is 17.4 Å². The lowest BCUT2D eigenvalue weighted by Gasteiger charge is -2.08. The van der Waals surface area contributed by atoms with E-state index >= 15 is 0 Å². The van der Waals surface area contributed by atoms with Gasteiger partial charge in [0.15, 0.2) is 0 Å². The van der Waals surface area contributed by atoms with E-state index in [2.05, 4.69) is 14.9 Å². The van der Waals surface area contributed by atoms with Gasteiger partial charge in [0.25, 0.3) is 0 Å². The Bertz CT molecular complexity index is 1050. The van der Waals surface area contributed by atoms with Crippen LogP contribution in [0.5, 0.6) is 0 Å². The van der Waals surface area contributed by atoms with Crippen LogP contribution >= 0.6 is 0 Å². The lowest BCUT2D eigenvalue weighted by atomic mass is 10.2. The second-order valence-electron chi connectivity index (χ2n) is 6.16. The third kappa shape index (κ3) is 3.21. The van der Waals surface area contributed by atoms with Gasteiger partial charge in [-0.15, -0.1) is 0 Å². The quantitative estimate of drug-likeness (QED) is 0.602. The van der Waals surface area contributed by atoms with Crippen LogP contribution < -0.4 is 5.32 Å². The van der Waals surface area contributed by atoms with Crippen LogP contribution in [0, 0.1) is 0 Å². The van der Waals surface area contributed by atoms with Gasteiger partial charge in [-0.05, 0) is 24.3 Å². The summed E-state index contributed by atoms with van der Waals surface area (Å²) >= 11 is 0. The smallest absolute Gasteiger partial charge is 0.226 e. The third-order valence-corrected chi connectivity index (χ3v) is 4.35. The second kappa shape index (κ2) is 6.84. The molecule has 130 valence electrons. The van der Waals surface area contributed by atoms with Gasteiger partial charge in [-0.1, -0.05) is 24.3 Å². The van der Waals surface area contributed by atoms with Crippen LogP contribution in [0.3, 0.4) is 0 Å². The van der Waals surface area contributed by atoms with Crippen molar-refractivity contribution in [1.82, 2.24) is 19.1 Å². The lowest BCUT2D eigenvalue weighted by Crippen LogP contribution is -2.14. The number of benzene rings is 2. The summed E-state index contributed by atoms with van der Waals surface area (Å²) in [5.41, 5.74) is 3.78. The Hall–Kier alpha value is -3.41. The molecule has 0 fully saturated rings. The third-order valence-electron chi connectivity index (χ3n) is 4.35. The van der Waals surface area contributed by atoms with Crippen molar-refractivity contribution in [2.45, 2.75) is 13.0 Å². The van der Waals surface area contributed by atoms with E-state index in [-0.39, 0.29) is 5.91 Å². The highest BCUT2D eigenvalue weighted by Crippen LogP contribution is 2.25. The SMILES string of the molecule is Cn1c(-c2cccc(NC(=O)CCn3ccnc3)c2)nc2ccccc21. The summed E-state index contributed by atoms with van der Waals surface area (Å²) in [6.45, 7) is 0.607. The summed E-state index contributed by atoms with van der Waals surface area (Å²) in [5, 5.41) is 2.96. The fourth-order valence-electron chi connectivity index (χ4n) is 3.01. The standard InChI is InChI=1S/C20H19N5O/c1-24-18-8-3-2-7-17(18)23-20(24)15-5-4-6-16(13-15)22-19(26)9-11-25-12-10-21-14-25/h2-8,10,12-14H,9,11H2,1H3,(H,22,26). The van der Waals surface area contributed by atoms with Gasteiger partial charge >= 0.3 is 0 Å². The first-order valence-corrected chi connectivity index (χ1v) is 8.48. The molecule has 0 radical (unpaired) electrons. The molecule has 0 atom stereocenters. The predicted molar refractivity (Wildman–Crippen MR) is 102 cm³/mol. The Labute approximate surface area is 151 Å². The summed E-state index contributed by atoms with van der Waals surface area (Å²) in [5.74, 6) is 0.849. The molecule has 2 aromatic heterocycles. The molecule has 1 amide bonds. The van der Waals surface area contributed by atoms with Gasteiger partial charge < -0.3 is 14.5 Å². The maximum atomic E-state index is 12.2. The number of amides is 1. The minimum atomic E-state index is -0.0270. The minimum Gasteiger partial charge on any atom is -0.337 e. The van der Waals surface area contributed by atoms with Crippen molar-refractivity contribution >= 4 is 22.6 Å². The average molecular weight is 345 g/mol. The van der Waals surface area contributed by atoms with Gasteiger partial charge in [-0.3, -0.25) is 4.79 Å². The van der Waals surface area contributed by atoms with Crippen LogP contribution in [0.4, 0.5) is 5.69 Å². The number of imidazole rings is 2. The first-order chi connectivity index (χ1) is 12.7. The monoisotopic (exact) mass is 345 g/mol. The van der Waals surface area contributed by atoms with E-state index in [1.807, 2.05) is 66.3 Å². The number of hydrogen-bond donors (Lipinski definition) is 1. The number of carbonyl (C=O) groups is 1. The van der Waals surface area contributed by atoms with Crippen LogP contribution in [-0.2, 0) is 18.4 Å². The summed E-state index contributed by atoms with van der Waals surface area (Å²) in [6, 6.07) is 15.8. The largest absolute Gasteiger partial charge is 0.337 e. The Morgan fingerprint density at radius 3 is 2.85 bits per heavy atom. The van der Waals surface area contributed by atoms with Crippen molar-refractivity contribution in [3.8, 4) is 11.4 Å². The topological polar surface area (TPSA) is 64.7 Å². The number of nitrogens with one attached hydrogen (secondary N) is 1. The highest BCUT2D eigenvalue weighted by atomic mass is 16.1. The predicted octanol–water partition coefficient (Wildman–Crippen LogP) is 3.47. The molecule has 4 aromatic rings. The van der Waals surface area contributed by atoms with Crippen molar-refractivity contribution in [3.05, 3.63) is 67.3 Å². The van der Waals surface area contributed by atoms with E-state index in [0.29, 0.717) is 13.0 Å². The average Bonchev–Trinajstić information content (AvgIpc) is 3.29. The first-order valence-electron chi connectivity index (χ1n) is 8.48. The van der Waals surface area contributed by atoms with Crippen molar-refractivity contribution in [3.63, 3.8) is 0 Å². The van der Waals surface area contributed by atoms with Crippen molar-refractivity contribution in [2.24, 2.45) is 7.05 Å². The molecule has 0 bridgehead atoms. The molecular formula is C20H19N5O. The first kappa shape index (κ1) is 16.1. The molecular weight excluding hydrogens is 326 g/mol. The number of hydrogen-bond acceptors (Lipinski definition) is 3. The van der Waals surface area contributed by atoms with E-state index in [9.17, 15) is 4.79 Å². The van der Waals surface area contributed by atoms with Crippen molar-refractivity contribution in [1.29, 1.82) is 0 Å². The zero-order valence-electron chi connectivity index (χ0n) is 14.5. The van der Waals surface area contributed by atoms with E-state index in [0.717, 1.165) is 28.1 Å². The summed E-state index contributed by atoms with van der Waals surface area (Å²) in [7, 11) is 2.00. The number of rotatable bonds is 5. The fourth-order valence-corrected chi connectivity index (χ4v) is 3.01. The minimum absolute atomic E-state index is 0.0270. The molecule has 2 heterocycles. The summed E-state index contributed by atoms with van der Waals surface area (Å²) < 4.78 is 3.95. The van der Waals surface area contributed by atoms with Crippen LogP contribution in [-0.4, -0.2) is 25.0 Å². The summed E-state index contributed by atoms with van der Waals surface area (Å²) in [6.07, 6.45) is 5.66. The molecule has 6 nitrogen and oxygen atoms in total. The van der Waals surface area contributed by atoms with Crippen LogP contribution in [0.1, 0.15) is 6.42 Å². The van der Waals surface area contributed by atoms with Gasteiger partial charge in [0, 0.05) is 43.7 Å². The molecule has 4 rings (SSSR count). The van der Waals surface area contributed by atoms with Crippen LogP contribution in [0.2, 0.25) is 0 Å². The molecule has 0 aliphatic carbocycles. The van der Waals surface area contributed by atoms with Crippen LogP contribution in [0.15, 0.2) is 67.3 Å². The summed E-state index contributed by atoms with van der Waals surface area (Å²) in [4.78, 5) is 20.9. The number of aromatic nitrogens is 4. The van der Waals surface area contributed by atoms with Gasteiger partial charge in [-0.25, -0.2) is 9.97 Å². The molecule has 26 heavy (non-hydrogen) atoms. The van der Waals surface area contributed by atoms with Crippen LogP contribution in [0.25, 0.3) is 22.4 Å². The Balaban J connectivity index is 1.52. The number of nitrogens with zero attached hydrogens (tertiary/aromatic N) is 4. The number of para-hydroxylation sites is 2. The normalized spacial score (nSPS) is 11.0. The lowest BCUT2D eigenvalue weighted by molar-refractivity contribution is -0.116. The Kier molecular flexibility index (Phi) is 4.23. The molecule has 2 aromatic carbocycles. The second-order valence-corrected chi connectivity index (χ2v) is 6.16. The highest BCUT2D eigenvalue weighted by Gasteiger charge is 2.10. The highest BCUT2D eigenvalue weighted by molar-refractivity contribution is 5.91. The van der Waals surface area contributed by atoms with Crippen molar-refractivity contribution < 1.29 is 4.79 Å². The number of carbonyl (C=O) groups excluding carboxylic acids is 1. The maximum absolute atomic E-state index is 12.2. The molecule has 0 spiro atoms. The molecule has 0 saturated carbocycles. The van der Waals surface area contributed by atoms with E-state index in [4.69, 9.17) is 4.98 Å². The Morgan fingerprint density at radius 2 is 2.04 bits per heavy atom.